The van der Waals surface area contributed by atoms with Crippen LogP contribution < -0.4 is 38.9 Å². The fraction of sp³-hybridized carbons (Fsp3) is 0.579. The van der Waals surface area contributed by atoms with Gasteiger partial charge in [-0.05, 0) is 19.3 Å². The Hall–Kier alpha value is -4.48. The second-order valence-corrected chi connectivity index (χ2v) is 7.78. The van der Waals surface area contributed by atoms with Gasteiger partial charge in [-0.3, -0.25) is 33.8 Å². The highest BCUT2D eigenvalue weighted by atomic mass is 16.4. The summed E-state index contributed by atoms with van der Waals surface area (Å²) in [5.74, 6) is -8.83. The number of nitrogens with two attached hydrogens (primary N) is 4. The molecule has 37 heavy (non-hydrogen) atoms. The fourth-order valence-corrected chi connectivity index (χ4v) is 2.79. The lowest BCUT2D eigenvalue weighted by atomic mass is 10.1. The molecule has 0 rings (SSSR count). The van der Waals surface area contributed by atoms with Gasteiger partial charge >= 0.3 is 17.9 Å². The normalized spacial score (nSPS) is 13.6. The first-order chi connectivity index (χ1) is 17.1. The van der Waals surface area contributed by atoms with E-state index in [9.17, 15) is 33.6 Å². The van der Waals surface area contributed by atoms with Crippen LogP contribution >= 0.6 is 0 Å². The van der Waals surface area contributed by atoms with E-state index in [1.165, 1.54) is 0 Å². The minimum atomic E-state index is -1.81. The van der Waals surface area contributed by atoms with Crippen LogP contribution in [0.1, 0.15) is 38.5 Å². The van der Waals surface area contributed by atoms with Crippen LogP contribution in [0.3, 0.4) is 0 Å². The number of hydrogen-bond donors (Lipinski definition) is 10. The lowest BCUT2D eigenvalue weighted by molar-refractivity contribution is -0.145. The third-order valence-corrected chi connectivity index (χ3v) is 4.62. The smallest absolute Gasteiger partial charge is 0.326 e. The lowest BCUT2D eigenvalue weighted by Crippen LogP contribution is -2.57. The predicted molar refractivity (Wildman–Crippen MR) is 124 cm³/mol. The number of amides is 4. The van der Waals surface area contributed by atoms with Crippen LogP contribution in [-0.4, -0.2) is 93.5 Å². The van der Waals surface area contributed by atoms with Crippen LogP contribution in [-0.2, 0) is 33.6 Å². The minimum Gasteiger partial charge on any atom is -0.481 e. The third kappa shape index (κ3) is 14.5. The van der Waals surface area contributed by atoms with Gasteiger partial charge in [-0.1, -0.05) is 0 Å². The summed E-state index contributed by atoms with van der Waals surface area (Å²) in [5, 5.41) is 33.3. The molecule has 18 heteroatoms. The zero-order chi connectivity index (χ0) is 28.7. The summed E-state index contributed by atoms with van der Waals surface area (Å²) in [6.07, 6.45) is -2.42. The van der Waals surface area contributed by atoms with Gasteiger partial charge in [0.25, 0.3) is 0 Å². The Morgan fingerprint density at radius 3 is 1.73 bits per heavy atom. The van der Waals surface area contributed by atoms with Gasteiger partial charge in [0.15, 0.2) is 5.96 Å². The van der Waals surface area contributed by atoms with Gasteiger partial charge in [0.1, 0.15) is 18.1 Å². The molecule has 0 aliphatic heterocycles. The van der Waals surface area contributed by atoms with Crippen molar-refractivity contribution in [3.8, 4) is 0 Å². The highest BCUT2D eigenvalue weighted by Crippen LogP contribution is 2.04. The van der Waals surface area contributed by atoms with E-state index < -0.39 is 85.0 Å². The van der Waals surface area contributed by atoms with Crippen molar-refractivity contribution in [2.24, 2.45) is 27.9 Å². The molecule has 4 atom stereocenters. The van der Waals surface area contributed by atoms with Crippen molar-refractivity contribution in [1.82, 2.24) is 16.0 Å². The molecule has 4 amide bonds. The van der Waals surface area contributed by atoms with Crippen LogP contribution in [0.25, 0.3) is 0 Å². The molecule has 0 aromatic rings. The average Bonchev–Trinajstić information content (AvgIpc) is 2.77. The van der Waals surface area contributed by atoms with Crippen LogP contribution in [0.15, 0.2) is 4.99 Å². The van der Waals surface area contributed by atoms with Gasteiger partial charge < -0.3 is 54.2 Å². The fourth-order valence-electron chi connectivity index (χ4n) is 2.79. The van der Waals surface area contributed by atoms with E-state index in [4.69, 9.17) is 38.3 Å². The first kappa shape index (κ1) is 32.5. The number of aliphatic carboxylic acids is 3. The number of carbonyl (C=O) groups excluding carboxylic acids is 4. The zero-order valence-corrected chi connectivity index (χ0v) is 19.7. The van der Waals surface area contributed by atoms with Gasteiger partial charge in [-0.25, -0.2) is 4.79 Å². The summed E-state index contributed by atoms with van der Waals surface area (Å²) >= 11 is 0. The molecule has 0 aromatic heterocycles. The van der Waals surface area contributed by atoms with Gasteiger partial charge in [-0.15, -0.1) is 0 Å². The van der Waals surface area contributed by atoms with E-state index in [0.717, 1.165) is 0 Å². The van der Waals surface area contributed by atoms with Crippen molar-refractivity contribution in [1.29, 1.82) is 0 Å². The van der Waals surface area contributed by atoms with Crippen molar-refractivity contribution >= 4 is 47.5 Å². The van der Waals surface area contributed by atoms with E-state index in [0.29, 0.717) is 0 Å². The Kier molecular flexibility index (Phi) is 14.3. The first-order valence-electron chi connectivity index (χ1n) is 10.8. The summed E-state index contributed by atoms with van der Waals surface area (Å²) in [5.41, 5.74) is 21.0. The molecular formula is C19H32N8O10. The molecule has 208 valence electrons. The molecule has 0 aliphatic rings. The predicted octanol–water partition coefficient (Wildman–Crippen LogP) is -4.88. The topological polar surface area (TPSA) is 333 Å². The van der Waals surface area contributed by atoms with Crippen molar-refractivity contribution < 1.29 is 48.9 Å². The zero-order valence-electron chi connectivity index (χ0n) is 19.7. The Morgan fingerprint density at radius 1 is 0.703 bits per heavy atom. The first-order valence-corrected chi connectivity index (χ1v) is 10.8. The Balaban J connectivity index is 5.65. The molecule has 0 heterocycles. The summed E-state index contributed by atoms with van der Waals surface area (Å²) in [6.45, 7) is 0.0412. The maximum Gasteiger partial charge on any atom is 0.326 e. The largest absolute Gasteiger partial charge is 0.481 e. The molecule has 0 spiro atoms. The SMILES string of the molecule is NC(=O)CC(NC(=O)C(CC(=O)O)NC(=O)C(CCCN=C(N)N)NC(=O)C(N)CCC(=O)O)C(=O)O. The number of nitrogens with zero attached hydrogens (tertiary/aromatic N) is 1. The van der Waals surface area contributed by atoms with Crippen molar-refractivity contribution in [2.45, 2.75) is 62.7 Å². The monoisotopic (exact) mass is 532 g/mol. The van der Waals surface area contributed by atoms with E-state index >= 15 is 0 Å². The van der Waals surface area contributed by atoms with Gasteiger partial charge in [0, 0.05) is 13.0 Å². The number of carboxylic acids is 3. The summed E-state index contributed by atoms with van der Waals surface area (Å²) < 4.78 is 0. The molecule has 18 nitrogen and oxygen atoms in total. The Bertz CT molecular complexity index is 905. The van der Waals surface area contributed by atoms with Crippen molar-refractivity contribution in [3.63, 3.8) is 0 Å². The van der Waals surface area contributed by atoms with Gasteiger partial charge in [0.05, 0.1) is 18.9 Å². The molecule has 0 fully saturated rings. The number of rotatable bonds is 18. The number of nitrogens with one attached hydrogen (secondary N) is 3. The molecule has 14 N–H and O–H groups in total. The third-order valence-electron chi connectivity index (χ3n) is 4.62. The molecular weight excluding hydrogens is 500 g/mol. The summed E-state index contributed by atoms with van der Waals surface area (Å²) in [4.78, 5) is 85.8. The number of primary amides is 1. The van der Waals surface area contributed by atoms with Crippen LogP contribution in [0.2, 0.25) is 0 Å². The minimum absolute atomic E-state index is 0.0412. The quantitative estimate of drug-likeness (QED) is 0.0450. The van der Waals surface area contributed by atoms with Crippen LogP contribution in [0.5, 0.6) is 0 Å². The Labute approximate surface area is 210 Å². The second-order valence-electron chi connectivity index (χ2n) is 7.78. The molecule has 0 radical (unpaired) electrons. The van der Waals surface area contributed by atoms with E-state index in [1.807, 2.05) is 5.32 Å². The highest BCUT2D eigenvalue weighted by Gasteiger charge is 2.32. The number of carboxylic acid groups (broad SMARTS) is 3. The number of hydrogen-bond acceptors (Lipinski definition) is 9. The highest BCUT2D eigenvalue weighted by molar-refractivity contribution is 5.96. The van der Waals surface area contributed by atoms with Crippen LogP contribution in [0, 0.1) is 0 Å². The summed E-state index contributed by atoms with van der Waals surface area (Å²) in [6, 6.07) is -6.28. The number of aliphatic imine (C=N–C) groups is 1. The van der Waals surface area contributed by atoms with Gasteiger partial charge in [-0.2, -0.15) is 0 Å². The van der Waals surface area contributed by atoms with Gasteiger partial charge in [0.2, 0.25) is 23.6 Å². The molecule has 0 aromatic carbocycles. The Morgan fingerprint density at radius 2 is 1.24 bits per heavy atom. The molecule has 0 saturated heterocycles. The van der Waals surface area contributed by atoms with E-state index in [-0.39, 0.29) is 31.8 Å². The second kappa shape index (κ2) is 16.2. The molecule has 0 bridgehead atoms. The van der Waals surface area contributed by atoms with E-state index in [2.05, 4.69) is 15.6 Å². The van der Waals surface area contributed by atoms with E-state index in [1.54, 1.807) is 0 Å². The van der Waals surface area contributed by atoms with Crippen LogP contribution in [0.4, 0.5) is 0 Å². The maximum atomic E-state index is 12.9. The van der Waals surface area contributed by atoms with Crippen molar-refractivity contribution in [3.05, 3.63) is 0 Å². The number of guanidine groups is 1. The molecule has 4 unspecified atom stereocenters. The maximum absolute atomic E-state index is 12.9. The lowest BCUT2D eigenvalue weighted by Gasteiger charge is -2.24. The molecule has 0 aliphatic carbocycles. The average molecular weight is 533 g/mol. The summed E-state index contributed by atoms with van der Waals surface area (Å²) in [7, 11) is 0. The standard InChI is InChI=1S/C19H32N8O10/c20-8(3-4-13(29)30)15(33)25-9(2-1-5-24-19(22)23)16(34)26-10(7-14(31)32)17(35)27-11(18(36)37)6-12(21)28/h8-11H,1-7,20H2,(H2,21,28)(H,25,33)(H,26,34)(H,27,35)(H,29,30)(H,31,32)(H,36,37)(H4,22,23,24). The number of carbonyl (C=O) groups is 7. The van der Waals surface area contributed by atoms with Crippen molar-refractivity contribution in [2.75, 3.05) is 6.54 Å². The molecule has 0 saturated carbocycles.